The van der Waals surface area contributed by atoms with Crippen LogP contribution in [0.3, 0.4) is 0 Å². The summed E-state index contributed by atoms with van der Waals surface area (Å²) in [7, 11) is 1.58. The van der Waals surface area contributed by atoms with E-state index in [0.29, 0.717) is 12.5 Å². The molecule has 0 amide bonds. The van der Waals surface area contributed by atoms with E-state index in [1.807, 2.05) is 0 Å². The van der Waals surface area contributed by atoms with Gasteiger partial charge in [0.2, 0.25) is 0 Å². The zero-order valence-corrected chi connectivity index (χ0v) is 12.3. The van der Waals surface area contributed by atoms with Gasteiger partial charge < -0.3 is 0 Å². The van der Waals surface area contributed by atoms with Crippen LogP contribution in [0, 0.1) is 11.3 Å². The van der Waals surface area contributed by atoms with E-state index < -0.39 is 0 Å². The number of hydrogen-bond acceptors (Lipinski definition) is 3. The van der Waals surface area contributed by atoms with Crippen molar-refractivity contribution >= 4 is 0 Å². The van der Waals surface area contributed by atoms with Gasteiger partial charge in [-0.05, 0) is 11.5 Å². The lowest BCUT2D eigenvalue weighted by molar-refractivity contribution is -0.290. The van der Waals surface area contributed by atoms with Crippen molar-refractivity contribution in [2.75, 3.05) is 26.8 Å². The molecule has 1 heterocycles. The molecule has 0 spiro atoms. The van der Waals surface area contributed by atoms with Gasteiger partial charge >= 0.3 is 0 Å². The summed E-state index contributed by atoms with van der Waals surface area (Å²) in [4.78, 5) is 12.6. The second-order valence-corrected chi connectivity index (χ2v) is 5.84. The third kappa shape index (κ3) is 3.56. The van der Waals surface area contributed by atoms with Gasteiger partial charge in [0.15, 0.2) is 0 Å². The number of benzene rings is 1. The third-order valence-electron chi connectivity index (χ3n) is 4.30. The average molecular weight is 263 g/mol. The van der Waals surface area contributed by atoms with Gasteiger partial charge in [-0.1, -0.05) is 50.6 Å². The predicted molar refractivity (Wildman–Crippen MR) is 76.6 cm³/mol. The van der Waals surface area contributed by atoms with Gasteiger partial charge in [-0.3, -0.25) is 4.90 Å². The first-order valence-corrected chi connectivity index (χ1v) is 7.10. The van der Waals surface area contributed by atoms with Crippen LogP contribution in [0.1, 0.15) is 25.8 Å². The first kappa shape index (κ1) is 14.5. The van der Waals surface area contributed by atoms with Crippen LogP contribution in [-0.2, 0) is 16.3 Å². The van der Waals surface area contributed by atoms with Crippen LogP contribution >= 0.6 is 0 Å². The van der Waals surface area contributed by atoms with Crippen LogP contribution in [0.4, 0.5) is 0 Å². The molecule has 2 rings (SSSR count). The van der Waals surface area contributed by atoms with Gasteiger partial charge in [-0.25, -0.2) is 9.78 Å². The predicted octanol–water partition coefficient (Wildman–Crippen LogP) is 3.11. The Kier molecular flexibility index (Phi) is 4.97. The largest absolute Gasteiger partial charge is 0.298 e. The molecule has 1 aliphatic rings. The van der Waals surface area contributed by atoms with Crippen molar-refractivity contribution in [3.8, 4) is 0 Å². The standard InChI is InChI=1S/C16H25NO2/c1-4-15-11-17(10-14-8-6-5-7-9-14)12-16(15,2)13-19-18-3/h5-9,15H,4,10-13H2,1-3H3/t15-,16+/m1/s1. The molecule has 0 radical (unpaired) electrons. The highest BCUT2D eigenvalue weighted by atomic mass is 17.2. The first-order chi connectivity index (χ1) is 9.18. The van der Waals surface area contributed by atoms with Crippen LogP contribution in [0.5, 0.6) is 0 Å². The second kappa shape index (κ2) is 6.51. The van der Waals surface area contributed by atoms with Crippen LogP contribution < -0.4 is 0 Å². The summed E-state index contributed by atoms with van der Waals surface area (Å²) in [6, 6.07) is 10.7. The van der Waals surface area contributed by atoms with Gasteiger partial charge in [0.25, 0.3) is 0 Å². The van der Waals surface area contributed by atoms with Crippen LogP contribution in [0.25, 0.3) is 0 Å². The minimum atomic E-state index is 0.194. The second-order valence-electron chi connectivity index (χ2n) is 5.84. The molecule has 19 heavy (non-hydrogen) atoms. The van der Waals surface area contributed by atoms with Gasteiger partial charge in [0.1, 0.15) is 0 Å². The van der Waals surface area contributed by atoms with E-state index in [9.17, 15) is 0 Å². The number of hydrogen-bond donors (Lipinski definition) is 0. The number of likely N-dealkylation sites (tertiary alicyclic amines) is 1. The quantitative estimate of drug-likeness (QED) is 0.581. The summed E-state index contributed by atoms with van der Waals surface area (Å²) in [5.74, 6) is 0.673. The molecular formula is C16H25NO2. The molecule has 0 saturated carbocycles. The Morgan fingerprint density at radius 1 is 1.32 bits per heavy atom. The van der Waals surface area contributed by atoms with E-state index >= 15 is 0 Å². The van der Waals surface area contributed by atoms with Crippen molar-refractivity contribution < 1.29 is 9.78 Å². The van der Waals surface area contributed by atoms with Crippen molar-refractivity contribution in [1.29, 1.82) is 0 Å². The Labute approximate surface area is 116 Å². The SMILES string of the molecule is CC[C@@H]1CN(Cc2ccccc2)C[C@@]1(C)COOC. The van der Waals surface area contributed by atoms with Crippen molar-refractivity contribution in [1.82, 2.24) is 4.90 Å². The highest BCUT2D eigenvalue weighted by Gasteiger charge is 2.42. The molecule has 0 aliphatic carbocycles. The molecule has 3 heteroatoms. The average Bonchev–Trinajstić information content (AvgIpc) is 2.74. The molecule has 1 aromatic rings. The Balaban J connectivity index is 1.98. The summed E-state index contributed by atoms with van der Waals surface area (Å²) in [5, 5.41) is 0. The van der Waals surface area contributed by atoms with E-state index in [-0.39, 0.29) is 5.41 Å². The highest BCUT2D eigenvalue weighted by molar-refractivity contribution is 5.15. The molecule has 0 bridgehead atoms. The maximum Gasteiger partial charge on any atom is 0.0891 e. The zero-order chi connectivity index (χ0) is 13.7. The Morgan fingerprint density at radius 2 is 2.05 bits per heavy atom. The molecule has 1 aliphatic heterocycles. The summed E-state index contributed by atoms with van der Waals surface area (Å²) in [6.07, 6.45) is 1.19. The van der Waals surface area contributed by atoms with Crippen LogP contribution in [-0.4, -0.2) is 31.7 Å². The van der Waals surface area contributed by atoms with Crippen LogP contribution in [0.15, 0.2) is 30.3 Å². The lowest BCUT2D eigenvalue weighted by Crippen LogP contribution is -2.32. The van der Waals surface area contributed by atoms with Crippen molar-refractivity contribution in [2.45, 2.75) is 26.8 Å². The number of rotatable bonds is 6. The fraction of sp³-hybridized carbons (Fsp3) is 0.625. The molecule has 0 N–H and O–H groups in total. The van der Waals surface area contributed by atoms with Crippen molar-refractivity contribution in [3.05, 3.63) is 35.9 Å². The highest BCUT2D eigenvalue weighted by Crippen LogP contribution is 2.38. The van der Waals surface area contributed by atoms with E-state index in [1.165, 1.54) is 12.0 Å². The topological polar surface area (TPSA) is 21.7 Å². The lowest BCUT2D eigenvalue weighted by Gasteiger charge is -2.28. The van der Waals surface area contributed by atoms with Crippen LogP contribution in [0.2, 0.25) is 0 Å². The maximum absolute atomic E-state index is 5.22. The molecule has 1 fully saturated rings. The fourth-order valence-corrected chi connectivity index (χ4v) is 3.18. The summed E-state index contributed by atoms with van der Waals surface area (Å²) < 4.78 is 0. The van der Waals surface area contributed by atoms with Crippen molar-refractivity contribution in [3.63, 3.8) is 0 Å². The fourth-order valence-electron chi connectivity index (χ4n) is 3.18. The minimum Gasteiger partial charge on any atom is -0.298 e. The van der Waals surface area contributed by atoms with Gasteiger partial charge in [0, 0.05) is 25.0 Å². The molecular weight excluding hydrogens is 238 g/mol. The zero-order valence-electron chi connectivity index (χ0n) is 12.3. The minimum absolute atomic E-state index is 0.194. The molecule has 3 nitrogen and oxygen atoms in total. The molecule has 1 saturated heterocycles. The van der Waals surface area contributed by atoms with Crippen molar-refractivity contribution in [2.24, 2.45) is 11.3 Å². The molecule has 0 unspecified atom stereocenters. The van der Waals surface area contributed by atoms with E-state index in [2.05, 4.69) is 49.1 Å². The normalized spacial score (nSPS) is 27.8. The first-order valence-electron chi connectivity index (χ1n) is 7.10. The monoisotopic (exact) mass is 263 g/mol. The Bertz CT molecular complexity index is 382. The van der Waals surface area contributed by atoms with E-state index in [0.717, 1.165) is 19.6 Å². The molecule has 1 aromatic carbocycles. The molecule has 106 valence electrons. The summed E-state index contributed by atoms with van der Waals surface area (Å²) in [5.41, 5.74) is 1.58. The molecule has 2 atom stereocenters. The van der Waals surface area contributed by atoms with E-state index in [4.69, 9.17) is 9.78 Å². The smallest absolute Gasteiger partial charge is 0.0891 e. The van der Waals surface area contributed by atoms with Gasteiger partial charge in [0.05, 0.1) is 13.7 Å². The third-order valence-corrected chi connectivity index (χ3v) is 4.30. The summed E-state index contributed by atoms with van der Waals surface area (Å²) in [6.45, 7) is 8.50. The Hall–Kier alpha value is -0.900. The maximum atomic E-state index is 5.22. The Morgan fingerprint density at radius 3 is 2.68 bits per heavy atom. The van der Waals surface area contributed by atoms with Gasteiger partial charge in [-0.15, -0.1) is 0 Å². The van der Waals surface area contributed by atoms with Gasteiger partial charge in [-0.2, -0.15) is 0 Å². The summed E-state index contributed by atoms with van der Waals surface area (Å²) >= 11 is 0. The lowest BCUT2D eigenvalue weighted by atomic mass is 9.79. The number of nitrogens with zero attached hydrogens (tertiary/aromatic N) is 1. The van der Waals surface area contributed by atoms with E-state index in [1.54, 1.807) is 7.11 Å². The molecule has 0 aromatic heterocycles.